The van der Waals surface area contributed by atoms with Gasteiger partial charge < -0.3 is 10.5 Å². The molecular formula is C13H21NO. The topological polar surface area (TPSA) is 35.2 Å². The van der Waals surface area contributed by atoms with Gasteiger partial charge in [0.15, 0.2) is 0 Å². The fourth-order valence-electron chi connectivity index (χ4n) is 1.65. The van der Waals surface area contributed by atoms with Crippen LogP contribution in [0.2, 0.25) is 0 Å². The average Bonchev–Trinajstić information content (AvgIpc) is 2.18. The quantitative estimate of drug-likeness (QED) is 0.804. The Morgan fingerprint density at radius 2 is 1.93 bits per heavy atom. The molecule has 2 nitrogen and oxygen atoms in total. The van der Waals surface area contributed by atoms with Gasteiger partial charge in [0.1, 0.15) is 5.75 Å². The number of hydrogen-bond acceptors (Lipinski definition) is 2. The molecule has 0 amide bonds. The summed E-state index contributed by atoms with van der Waals surface area (Å²) in [4.78, 5) is 0. The molecular weight excluding hydrogens is 186 g/mol. The number of ether oxygens (including phenoxy) is 1. The highest BCUT2D eigenvalue weighted by atomic mass is 16.5. The van der Waals surface area contributed by atoms with Crippen LogP contribution in [0.5, 0.6) is 5.75 Å². The number of hydrogen-bond donors (Lipinski definition) is 1. The van der Waals surface area contributed by atoms with E-state index in [-0.39, 0.29) is 12.1 Å². The van der Waals surface area contributed by atoms with Crippen molar-refractivity contribution in [2.75, 3.05) is 0 Å². The van der Waals surface area contributed by atoms with Crippen molar-refractivity contribution in [1.82, 2.24) is 0 Å². The molecule has 0 aromatic heterocycles. The molecule has 0 aliphatic heterocycles. The maximum atomic E-state index is 5.88. The van der Waals surface area contributed by atoms with E-state index >= 15 is 0 Å². The molecule has 0 saturated carbocycles. The van der Waals surface area contributed by atoms with Crippen LogP contribution in [0.15, 0.2) is 24.3 Å². The highest BCUT2D eigenvalue weighted by Gasteiger charge is 2.09. The van der Waals surface area contributed by atoms with E-state index in [9.17, 15) is 0 Å². The summed E-state index contributed by atoms with van der Waals surface area (Å²) in [6, 6.07) is 8.02. The first-order valence-electron chi connectivity index (χ1n) is 5.66. The SMILES string of the molecule is CCCC(C)Oc1ccccc1C(C)N. The zero-order chi connectivity index (χ0) is 11.3. The van der Waals surface area contributed by atoms with E-state index in [2.05, 4.69) is 13.8 Å². The van der Waals surface area contributed by atoms with Gasteiger partial charge >= 0.3 is 0 Å². The van der Waals surface area contributed by atoms with Gasteiger partial charge in [-0.05, 0) is 26.3 Å². The third kappa shape index (κ3) is 3.56. The van der Waals surface area contributed by atoms with Crippen LogP contribution < -0.4 is 10.5 Å². The fourth-order valence-corrected chi connectivity index (χ4v) is 1.65. The Hall–Kier alpha value is -1.02. The second kappa shape index (κ2) is 5.76. The number of para-hydroxylation sites is 1. The Bertz CT molecular complexity index is 296. The summed E-state index contributed by atoms with van der Waals surface area (Å²) in [7, 11) is 0. The smallest absolute Gasteiger partial charge is 0.124 e. The number of nitrogens with two attached hydrogens (primary N) is 1. The Kier molecular flexibility index (Phi) is 4.63. The summed E-state index contributed by atoms with van der Waals surface area (Å²) in [5.74, 6) is 0.924. The lowest BCUT2D eigenvalue weighted by atomic mass is 10.1. The summed E-state index contributed by atoms with van der Waals surface area (Å²) in [6.45, 7) is 6.24. The minimum Gasteiger partial charge on any atom is -0.490 e. The first-order valence-corrected chi connectivity index (χ1v) is 5.66. The van der Waals surface area contributed by atoms with Gasteiger partial charge in [0, 0.05) is 11.6 Å². The highest BCUT2D eigenvalue weighted by Crippen LogP contribution is 2.24. The van der Waals surface area contributed by atoms with E-state index < -0.39 is 0 Å². The van der Waals surface area contributed by atoms with Crippen molar-refractivity contribution in [3.63, 3.8) is 0 Å². The predicted octanol–water partition coefficient (Wildman–Crippen LogP) is 3.27. The van der Waals surface area contributed by atoms with Gasteiger partial charge in [0.25, 0.3) is 0 Å². The summed E-state index contributed by atoms with van der Waals surface area (Å²) < 4.78 is 5.87. The molecule has 0 heterocycles. The van der Waals surface area contributed by atoms with Gasteiger partial charge in [-0.1, -0.05) is 31.5 Å². The number of rotatable bonds is 5. The van der Waals surface area contributed by atoms with Gasteiger partial charge in [0.05, 0.1) is 6.10 Å². The largest absolute Gasteiger partial charge is 0.490 e. The third-order valence-electron chi connectivity index (χ3n) is 2.43. The van der Waals surface area contributed by atoms with E-state index in [4.69, 9.17) is 10.5 Å². The molecule has 2 N–H and O–H groups in total. The molecule has 0 saturated heterocycles. The summed E-state index contributed by atoms with van der Waals surface area (Å²) in [5.41, 5.74) is 6.97. The monoisotopic (exact) mass is 207 g/mol. The first-order chi connectivity index (χ1) is 7.15. The van der Waals surface area contributed by atoms with Crippen LogP contribution in [-0.2, 0) is 0 Å². The average molecular weight is 207 g/mol. The van der Waals surface area contributed by atoms with Gasteiger partial charge in [-0.2, -0.15) is 0 Å². The van der Waals surface area contributed by atoms with Gasteiger partial charge in [-0.15, -0.1) is 0 Å². The van der Waals surface area contributed by atoms with Crippen LogP contribution in [-0.4, -0.2) is 6.10 Å². The van der Waals surface area contributed by atoms with E-state index in [0.717, 1.165) is 24.2 Å². The normalized spacial score (nSPS) is 14.7. The van der Waals surface area contributed by atoms with Crippen molar-refractivity contribution in [2.45, 2.75) is 45.8 Å². The summed E-state index contributed by atoms with van der Waals surface area (Å²) in [6.07, 6.45) is 2.48. The second-order valence-corrected chi connectivity index (χ2v) is 4.04. The Morgan fingerprint density at radius 3 is 2.53 bits per heavy atom. The van der Waals surface area contributed by atoms with Crippen LogP contribution >= 0.6 is 0 Å². The third-order valence-corrected chi connectivity index (χ3v) is 2.43. The van der Waals surface area contributed by atoms with Crippen LogP contribution in [0.25, 0.3) is 0 Å². The van der Waals surface area contributed by atoms with Crippen molar-refractivity contribution >= 4 is 0 Å². The van der Waals surface area contributed by atoms with Crippen LogP contribution in [0, 0.1) is 0 Å². The lowest BCUT2D eigenvalue weighted by Gasteiger charge is -2.18. The van der Waals surface area contributed by atoms with E-state index in [1.807, 2.05) is 31.2 Å². The molecule has 15 heavy (non-hydrogen) atoms. The van der Waals surface area contributed by atoms with Crippen molar-refractivity contribution in [2.24, 2.45) is 5.73 Å². The summed E-state index contributed by atoms with van der Waals surface area (Å²) in [5, 5.41) is 0. The molecule has 1 aromatic rings. The maximum absolute atomic E-state index is 5.88. The van der Waals surface area contributed by atoms with E-state index in [1.165, 1.54) is 0 Å². The zero-order valence-corrected chi connectivity index (χ0v) is 9.86. The van der Waals surface area contributed by atoms with Gasteiger partial charge in [-0.3, -0.25) is 0 Å². The van der Waals surface area contributed by atoms with Crippen molar-refractivity contribution in [3.8, 4) is 5.75 Å². The second-order valence-electron chi connectivity index (χ2n) is 4.04. The summed E-state index contributed by atoms with van der Waals surface area (Å²) >= 11 is 0. The minimum absolute atomic E-state index is 0.0232. The van der Waals surface area contributed by atoms with Crippen molar-refractivity contribution < 1.29 is 4.74 Å². The van der Waals surface area contributed by atoms with Crippen LogP contribution in [0.1, 0.15) is 45.2 Å². The lowest BCUT2D eigenvalue weighted by molar-refractivity contribution is 0.207. The molecule has 0 aliphatic carbocycles. The zero-order valence-electron chi connectivity index (χ0n) is 9.86. The molecule has 0 aliphatic rings. The van der Waals surface area contributed by atoms with E-state index in [1.54, 1.807) is 0 Å². The van der Waals surface area contributed by atoms with Crippen molar-refractivity contribution in [1.29, 1.82) is 0 Å². The molecule has 0 radical (unpaired) electrons. The molecule has 0 fully saturated rings. The maximum Gasteiger partial charge on any atom is 0.124 e. The molecule has 2 heteroatoms. The highest BCUT2D eigenvalue weighted by molar-refractivity contribution is 5.35. The Morgan fingerprint density at radius 1 is 1.27 bits per heavy atom. The molecule has 0 bridgehead atoms. The molecule has 1 aromatic carbocycles. The molecule has 2 unspecified atom stereocenters. The number of benzene rings is 1. The lowest BCUT2D eigenvalue weighted by Crippen LogP contribution is -2.14. The van der Waals surface area contributed by atoms with Crippen molar-refractivity contribution in [3.05, 3.63) is 29.8 Å². The predicted molar refractivity (Wildman–Crippen MR) is 64.0 cm³/mol. The molecule has 84 valence electrons. The standard InChI is InChI=1S/C13H21NO/c1-4-7-10(2)15-13-9-6-5-8-12(13)11(3)14/h5-6,8-11H,4,7,14H2,1-3H3. The first kappa shape index (κ1) is 12.1. The van der Waals surface area contributed by atoms with Crippen LogP contribution in [0.4, 0.5) is 0 Å². The minimum atomic E-state index is 0.0232. The van der Waals surface area contributed by atoms with E-state index in [0.29, 0.717) is 0 Å². The van der Waals surface area contributed by atoms with Gasteiger partial charge in [0.2, 0.25) is 0 Å². The molecule has 1 rings (SSSR count). The Balaban J connectivity index is 2.75. The van der Waals surface area contributed by atoms with Crippen LogP contribution in [0.3, 0.4) is 0 Å². The van der Waals surface area contributed by atoms with Gasteiger partial charge in [-0.25, -0.2) is 0 Å². The Labute approximate surface area is 92.4 Å². The fraction of sp³-hybridized carbons (Fsp3) is 0.538. The molecule has 0 spiro atoms. The molecule has 2 atom stereocenters.